The molecule has 0 radical (unpaired) electrons. The lowest BCUT2D eigenvalue weighted by molar-refractivity contribution is 0.295. The summed E-state index contributed by atoms with van der Waals surface area (Å²) in [5, 5.41) is 8.77. The fourth-order valence-electron chi connectivity index (χ4n) is 2.23. The van der Waals surface area contributed by atoms with Gasteiger partial charge in [-0.05, 0) is 47.9 Å². The average molecular weight is 298 g/mol. The number of aryl methyl sites for hydroxylation is 2. The van der Waals surface area contributed by atoms with Crippen LogP contribution in [0.2, 0.25) is 0 Å². The van der Waals surface area contributed by atoms with Crippen LogP contribution in [0.4, 0.5) is 0 Å². The minimum Gasteiger partial charge on any atom is -0.396 e. The van der Waals surface area contributed by atoms with Gasteiger partial charge in [-0.25, -0.2) is 8.42 Å². The number of rotatable bonds is 5. The van der Waals surface area contributed by atoms with Crippen molar-refractivity contribution in [3.63, 3.8) is 0 Å². The van der Waals surface area contributed by atoms with Gasteiger partial charge in [0.2, 0.25) is 0 Å². The Morgan fingerprint density at radius 1 is 1.10 bits per heavy atom. The smallest absolute Gasteiger partial charge is 0.154 e. The monoisotopic (exact) mass is 298 g/mol. The summed E-state index contributed by atoms with van der Waals surface area (Å²) in [6.45, 7) is 10.3. The first-order valence-corrected chi connectivity index (χ1v) is 8.81. The third kappa shape index (κ3) is 4.60. The maximum atomic E-state index is 12.0. The van der Waals surface area contributed by atoms with E-state index >= 15 is 0 Å². The summed E-state index contributed by atoms with van der Waals surface area (Å²) in [4.78, 5) is 0. The summed E-state index contributed by atoms with van der Waals surface area (Å²) < 4.78 is 24.1. The first kappa shape index (κ1) is 17.2. The second kappa shape index (κ2) is 6.27. The number of sulfone groups is 1. The summed E-state index contributed by atoms with van der Waals surface area (Å²) in [6.07, 6.45) is 0.306. The Morgan fingerprint density at radius 2 is 1.60 bits per heavy atom. The minimum absolute atomic E-state index is 0.0450. The number of hydrogen-bond donors (Lipinski definition) is 1. The Labute approximate surface area is 123 Å². The third-order valence-electron chi connectivity index (χ3n) is 3.54. The molecule has 4 heteroatoms. The SMILES string of the molecule is Cc1cc(C(C)(C)C)cc(C)c1CS(=O)(=O)CCCO. The highest BCUT2D eigenvalue weighted by molar-refractivity contribution is 7.90. The van der Waals surface area contributed by atoms with Crippen molar-refractivity contribution in [2.24, 2.45) is 0 Å². The van der Waals surface area contributed by atoms with Crippen LogP contribution < -0.4 is 0 Å². The normalized spacial score (nSPS) is 12.7. The Balaban J connectivity index is 3.10. The van der Waals surface area contributed by atoms with Crippen molar-refractivity contribution in [2.45, 2.75) is 52.2 Å². The zero-order valence-corrected chi connectivity index (χ0v) is 14.0. The van der Waals surface area contributed by atoms with E-state index in [0.717, 1.165) is 16.7 Å². The fourth-order valence-corrected chi connectivity index (χ4v) is 3.84. The molecule has 1 aromatic carbocycles. The van der Waals surface area contributed by atoms with Gasteiger partial charge in [0.25, 0.3) is 0 Å². The molecule has 0 amide bonds. The highest BCUT2D eigenvalue weighted by Gasteiger charge is 2.19. The summed E-state index contributed by atoms with van der Waals surface area (Å²) >= 11 is 0. The molecule has 3 nitrogen and oxygen atoms in total. The van der Waals surface area contributed by atoms with Gasteiger partial charge in [0, 0.05) is 6.61 Å². The van der Waals surface area contributed by atoms with Gasteiger partial charge in [-0.15, -0.1) is 0 Å². The van der Waals surface area contributed by atoms with Gasteiger partial charge in [-0.3, -0.25) is 0 Å². The van der Waals surface area contributed by atoms with Crippen molar-refractivity contribution in [2.75, 3.05) is 12.4 Å². The molecular weight excluding hydrogens is 272 g/mol. The van der Waals surface area contributed by atoms with Crippen LogP contribution in [-0.4, -0.2) is 25.9 Å². The molecule has 20 heavy (non-hydrogen) atoms. The molecule has 0 aliphatic heterocycles. The van der Waals surface area contributed by atoms with E-state index in [1.807, 2.05) is 13.8 Å². The molecule has 1 rings (SSSR count). The topological polar surface area (TPSA) is 54.4 Å². The van der Waals surface area contributed by atoms with Crippen molar-refractivity contribution in [3.8, 4) is 0 Å². The molecule has 0 aromatic heterocycles. The lowest BCUT2D eigenvalue weighted by Crippen LogP contribution is -2.15. The molecule has 0 bridgehead atoms. The number of benzene rings is 1. The minimum atomic E-state index is -3.15. The first-order chi connectivity index (χ1) is 9.07. The van der Waals surface area contributed by atoms with E-state index in [4.69, 9.17) is 5.11 Å². The van der Waals surface area contributed by atoms with Crippen LogP contribution in [0, 0.1) is 13.8 Å². The van der Waals surface area contributed by atoms with Crippen LogP contribution in [-0.2, 0) is 21.0 Å². The Morgan fingerprint density at radius 3 is 2.00 bits per heavy atom. The maximum absolute atomic E-state index is 12.0. The predicted molar refractivity (Wildman–Crippen MR) is 83.8 cm³/mol. The van der Waals surface area contributed by atoms with Crippen LogP contribution >= 0.6 is 0 Å². The molecule has 0 unspecified atom stereocenters. The highest BCUT2D eigenvalue weighted by atomic mass is 32.2. The van der Waals surface area contributed by atoms with E-state index < -0.39 is 9.84 Å². The van der Waals surface area contributed by atoms with Crippen molar-refractivity contribution in [3.05, 3.63) is 34.4 Å². The molecule has 0 atom stereocenters. The van der Waals surface area contributed by atoms with Gasteiger partial charge in [-0.1, -0.05) is 32.9 Å². The fraction of sp³-hybridized carbons (Fsp3) is 0.625. The third-order valence-corrected chi connectivity index (χ3v) is 5.18. The molecule has 0 spiro atoms. The number of aliphatic hydroxyl groups excluding tert-OH is 1. The van der Waals surface area contributed by atoms with Gasteiger partial charge in [0.1, 0.15) is 0 Å². The molecule has 0 fully saturated rings. The summed E-state index contributed by atoms with van der Waals surface area (Å²) in [7, 11) is -3.15. The molecule has 0 aliphatic carbocycles. The van der Waals surface area contributed by atoms with Crippen LogP contribution in [0.3, 0.4) is 0 Å². The second-order valence-electron chi connectivity index (χ2n) is 6.51. The molecule has 0 saturated carbocycles. The summed E-state index contributed by atoms with van der Waals surface area (Å²) in [5.74, 6) is 0.110. The zero-order valence-electron chi connectivity index (χ0n) is 13.2. The standard InChI is InChI=1S/C16H26O3S/c1-12-9-14(16(3,4)5)10-13(2)15(12)11-20(18,19)8-6-7-17/h9-10,17H,6-8,11H2,1-5H3. The van der Waals surface area contributed by atoms with E-state index in [1.54, 1.807) is 0 Å². The largest absolute Gasteiger partial charge is 0.396 e. The molecule has 0 saturated heterocycles. The zero-order chi connectivity index (χ0) is 15.6. The van der Waals surface area contributed by atoms with Gasteiger partial charge in [0.15, 0.2) is 9.84 Å². The summed E-state index contributed by atoms with van der Waals surface area (Å²) in [6, 6.07) is 4.17. The van der Waals surface area contributed by atoms with E-state index in [1.165, 1.54) is 5.56 Å². The predicted octanol–water partition coefficient (Wildman–Crippen LogP) is 2.90. The van der Waals surface area contributed by atoms with E-state index in [9.17, 15) is 8.42 Å². The highest BCUT2D eigenvalue weighted by Crippen LogP contribution is 2.27. The number of hydrogen-bond acceptors (Lipinski definition) is 3. The maximum Gasteiger partial charge on any atom is 0.154 e. The van der Waals surface area contributed by atoms with Gasteiger partial charge >= 0.3 is 0 Å². The quantitative estimate of drug-likeness (QED) is 0.909. The van der Waals surface area contributed by atoms with Gasteiger partial charge in [0.05, 0.1) is 11.5 Å². The lowest BCUT2D eigenvalue weighted by atomic mass is 9.84. The average Bonchev–Trinajstić information content (AvgIpc) is 2.30. The van der Waals surface area contributed by atoms with E-state index in [0.29, 0.717) is 6.42 Å². The first-order valence-electron chi connectivity index (χ1n) is 6.99. The molecule has 0 heterocycles. The lowest BCUT2D eigenvalue weighted by Gasteiger charge is -2.22. The van der Waals surface area contributed by atoms with Crippen LogP contribution in [0.1, 0.15) is 49.4 Å². The van der Waals surface area contributed by atoms with Crippen molar-refractivity contribution < 1.29 is 13.5 Å². The van der Waals surface area contributed by atoms with Crippen LogP contribution in [0.25, 0.3) is 0 Å². The van der Waals surface area contributed by atoms with E-state index in [2.05, 4.69) is 32.9 Å². The van der Waals surface area contributed by atoms with Crippen molar-refractivity contribution >= 4 is 9.84 Å². The van der Waals surface area contributed by atoms with Crippen LogP contribution in [0.5, 0.6) is 0 Å². The van der Waals surface area contributed by atoms with Crippen molar-refractivity contribution in [1.82, 2.24) is 0 Å². The Bertz CT molecular complexity index is 543. The van der Waals surface area contributed by atoms with E-state index in [-0.39, 0.29) is 23.5 Å². The van der Waals surface area contributed by atoms with Crippen molar-refractivity contribution in [1.29, 1.82) is 0 Å². The van der Waals surface area contributed by atoms with Crippen LogP contribution in [0.15, 0.2) is 12.1 Å². The molecule has 1 aromatic rings. The Hall–Kier alpha value is -0.870. The molecular formula is C16H26O3S. The molecule has 114 valence electrons. The number of aliphatic hydroxyl groups is 1. The van der Waals surface area contributed by atoms with Gasteiger partial charge < -0.3 is 5.11 Å². The van der Waals surface area contributed by atoms with Gasteiger partial charge in [-0.2, -0.15) is 0 Å². The summed E-state index contributed by atoms with van der Waals surface area (Å²) in [5.41, 5.74) is 4.24. The molecule has 1 N–H and O–H groups in total. The second-order valence-corrected chi connectivity index (χ2v) is 8.69. The molecule has 0 aliphatic rings. The Kier molecular flexibility index (Phi) is 5.39.